The van der Waals surface area contributed by atoms with Crippen LogP contribution in [-0.2, 0) is 4.74 Å². The SMILES string of the molecule is CC1COCCN1C(=O)c1ccnc(NN)c1. The van der Waals surface area contributed by atoms with Crippen LogP contribution in [0.15, 0.2) is 18.3 Å². The number of pyridine rings is 1. The highest BCUT2D eigenvalue weighted by atomic mass is 16.5. The Hall–Kier alpha value is -1.66. The monoisotopic (exact) mass is 236 g/mol. The van der Waals surface area contributed by atoms with E-state index in [4.69, 9.17) is 10.6 Å². The molecule has 1 aliphatic rings. The van der Waals surface area contributed by atoms with Crippen LogP contribution >= 0.6 is 0 Å². The number of hydrazine groups is 1. The summed E-state index contributed by atoms with van der Waals surface area (Å²) in [4.78, 5) is 18.0. The third-order valence-corrected chi connectivity index (χ3v) is 2.78. The minimum absolute atomic E-state index is 0.0142. The molecule has 2 heterocycles. The van der Waals surface area contributed by atoms with Crippen LogP contribution in [0, 0.1) is 0 Å². The summed E-state index contributed by atoms with van der Waals surface area (Å²) in [5.41, 5.74) is 3.01. The molecule has 1 fully saturated rings. The van der Waals surface area contributed by atoms with Gasteiger partial charge in [-0.3, -0.25) is 4.79 Å². The molecule has 1 atom stereocenters. The number of amides is 1. The van der Waals surface area contributed by atoms with Crippen molar-refractivity contribution >= 4 is 11.7 Å². The van der Waals surface area contributed by atoms with E-state index in [0.717, 1.165) is 0 Å². The summed E-state index contributed by atoms with van der Waals surface area (Å²) in [6.45, 7) is 3.76. The predicted molar refractivity (Wildman–Crippen MR) is 63.4 cm³/mol. The molecule has 6 heteroatoms. The van der Waals surface area contributed by atoms with Gasteiger partial charge >= 0.3 is 0 Å². The van der Waals surface area contributed by atoms with Gasteiger partial charge in [0.05, 0.1) is 19.3 Å². The van der Waals surface area contributed by atoms with Gasteiger partial charge in [0.1, 0.15) is 5.82 Å². The molecule has 1 aliphatic heterocycles. The summed E-state index contributed by atoms with van der Waals surface area (Å²) in [5, 5.41) is 0. The van der Waals surface area contributed by atoms with Crippen molar-refractivity contribution in [2.45, 2.75) is 13.0 Å². The first-order valence-electron chi connectivity index (χ1n) is 5.53. The van der Waals surface area contributed by atoms with Crippen LogP contribution in [0.4, 0.5) is 5.82 Å². The highest BCUT2D eigenvalue weighted by molar-refractivity contribution is 5.95. The summed E-state index contributed by atoms with van der Waals surface area (Å²) >= 11 is 0. The number of anilines is 1. The zero-order valence-corrected chi connectivity index (χ0v) is 9.72. The number of hydrogen-bond acceptors (Lipinski definition) is 5. The van der Waals surface area contributed by atoms with Gasteiger partial charge < -0.3 is 15.1 Å². The van der Waals surface area contributed by atoms with Gasteiger partial charge in [-0.05, 0) is 19.1 Å². The van der Waals surface area contributed by atoms with Crippen molar-refractivity contribution in [2.75, 3.05) is 25.2 Å². The number of nitrogen functional groups attached to an aromatic ring is 1. The third-order valence-electron chi connectivity index (χ3n) is 2.78. The van der Waals surface area contributed by atoms with Gasteiger partial charge in [-0.15, -0.1) is 0 Å². The van der Waals surface area contributed by atoms with E-state index in [1.54, 1.807) is 23.2 Å². The van der Waals surface area contributed by atoms with Crippen LogP contribution in [-0.4, -0.2) is 41.6 Å². The number of carbonyl (C=O) groups excluding carboxylic acids is 1. The summed E-state index contributed by atoms with van der Waals surface area (Å²) in [7, 11) is 0. The van der Waals surface area contributed by atoms with Gasteiger partial charge in [0.2, 0.25) is 0 Å². The van der Waals surface area contributed by atoms with Crippen LogP contribution in [0.3, 0.4) is 0 Å². The van der Waals surface area contributed by atoms with Crippen molar-refractivity contribution in [3.63, 3.8) is 0 Å². The molecule has 1 unspecified atom stereocenters. The van der Waals surface area contributed by atoms with E-state index in [2.05, 4.69) is 10.4 Å². The molecule has 0 radical (unpaired) electrons. The van der Waals surface area contributed by atoms with E-state index < -0.39 is 0 Å². The molecule has 1 aromatic rings. The molecule has 1 amide bonds. The lowest BCUT2D eigenvalue weighted by Gasteiger charge is -2.33. The van der Waals surface area contributed by atoms with E-state index >= 15 is 0 Å². The Morgan fingerprint density at radius 1 is 1.71 bits per heavy atom. The first-order valence-corrected chi connectivity index (χ1v) is 5.53. The number of morpholine rings is 1. The van der Waals surface area contributed by atoms with E-state index in [1.165, 1.54) is 0 Å². The zero-order chi connectivity index (χ0) is 12.3. The smallest absolute Gasteiger partial charge is 0.254 e. The fraction of sp³-hybridized carbons (Fsp3) is 0.455. The van der Waals surface area contributed by atoms with Gasteiger partial charge in [0.25, 0.3) is 5.91 Å². The first kappa shape index (κ1) is 11.8. The third kappa shape index (κ3) is 2.54. The molecule has 0 aliphatic carbocycles. The highest BCUT2D eigenvalue weighted by Gasteiger charge is 2.24. The second-order valence-electron chi connectivity index (χ2n) is 4.00. The number of aromatic nitrogens is 1. The molecule has 92 valence electrons. The molecular formula is C11H16N4O2. The molecule has 2 rings (SSSR count). The minimum atomic E-state index is -0.0142. The van der Waals surface area contributed by atoms with Gasteiger partial charge in [0, 0.05) is 18.3 Å². The van der Waals surface area contributed by atoms with Gasteiger partial charge in [-0.25, -0.2) is 10.8 Å². The maximum Gasteiger partial charge on any atom is 0.254 e. The number of rotatable bonds is 2. The Morgan fingerprint density at radius 2 is 2.53 bits per heavy atom. The van der Waals surface area contributed by atoms with Crippen molar-refractivity contribution in [3.05, 3.63) is 23.9 Å². The number of ether oxygens (including phenoxy) is 1. The van der Waals surface area contributed by atoms with Gasteiger partial charge in [0.15, 0.2) is 0 Å². The Balaban J connectivity index is 2.17. The zero-order valence-electron chi connectivity index (χ0n) is 9.72. The van der Waals surface area contributed by atoms with Gasteiger partial charge in [-0.2, -0.15) is 0 Å². The molecule has 1 aromatic heterocycles. The molecular weight excluding hydrogens is 220 g/mol. The predicted octanol–water partition coefficient (Wildman–Crippen LogP) is 0.228. The molecule has 0 aromatic carbocycles. The number of hydrogen-bond donors (Lipinski definition) is 2. The lowest BCUT2D eigenvalue weighted by atomic mass is 10.2. The largest absolute Gasteiger partial charge is 0.377 e. The van der Waals surface area contributed by atoms with Crippen LogP contribution < -0.4 is 11.3 Å². The second-order valence-corrected chi connectivity index (χ2v) is 4.00. The maximum absolute atomic E-state index is 12.3. The Kier molecular flexibility index (Phi) is 3.55. The molecule has 0 bridgehead atoms. The summed E-state index contributed by atoms with van der Waals surface area (Å²) in [6.07, 6.45) is 1.56. The van der Waals surface area contributed by atoms with E-state index in [1.807, 2.05) is 6.92 Å². The maximum atomic E-state index is 12.3. The Labute approximate surface area is 99.7 Å². The summed E-state index contributed by atoms with van der Waals surface area (Å²) in [6, 6.07) is 3.43. The second kappa shape index (κ2) is 5.11. The number of carbonyl (C=O) groups is 1. The number of nitrogens with zero attached hydrogens (tertiary/aromatic N) is 2. The highest BCUT2D eigenvalue weighted by Crippen LogP contribution is 2.13. The molecule has 3 N–H and O–H groups in total. The van der Waals surface area contributed by atoms with Crippen LogP contribution in [0.5, 0.6) is 0 Å². The average molecular weight is 236 g/mol. The van der Waals surface area contributed by atoms with Crippen molar-refractivity contribution < 1.29 is 9.53 Å². The number of nitrogens with one attached hydrogen (secondary N) is 1. The van der Waals surface area contributed by atoms with Crippen LogP contribution in [0.2, 0.25) is 0 Å². The van der Waals surface area contributed by atoms with E-state index in [0.29, 0.717) is 31.1 Å². The summed E-state index contributed by atoms with van der Waals surface area (Å²) < 4.78 is 5.30. The Morgan fingerprint density at radius 3 is 3.24 bits per heavy atom. The quantitative estimate of drug-likeness (QED) is 0.567. The van der Waals surface area contributed by atoms with Crippen LogP contribution in [0.25, 0.3) is 0 Å². The van der Waals surface area contributed by atoms with E-state index in [9.17, 15) is 4.79 Å². The van der Waals surface area contributed by atoms with Crippen molar-refractivity contribution in [2.24, 2.45) is 5.84 Å². The minimum Gasteiger partial charge on any atom is -0.377 e. The fourth-order valence-corrected chi connectivity index (χ4v) is 1.84. The van der Waals surface area contributed by atoms with Crippen molar-refractivity contribution in [3.8, 4) is 0 Å². The fourth-order valence-electron chi connectivity index (χ4n) is 1.84. The molecule has 6 nitrogen and oxygen atoms in total. The van der Waals surface area contributed by atoms with Gasteiger partial charge in [-0.1, -0.05) is 0 Å². The average Bonchev–Trinajstić information content (AvgIpc) is 2.38. The van der Waals surface area contributed by atoms with Crippen LogP contribution in [0.1, 0.15) is 17.3 Å². The topological polar surface area (TPSA) is 80.5 Å². The lowest BCUT2D eigenvalue weighted by Crippen LogP contribution is -2.47. The lowest BCUT2D eigenvalue weighted by molar-refractivity contribution is 0.00359. The van der Waals surface area contributed by atoms with Crippen molar-refractivity contribution in [1.82, 2.24) is 9.88 Å². The Bertz CT molecular complexity index is 410. The summed E-state index contributed by atoms with van der Waals surface area (Å²) in [5.74, 6) is 5.74. The number of nitrogens with two attached hydrogens (primary N) is 1. The molecule has 1 saturated heterocycles. The molecule has 0 spiro atoms. The van der Waals surface area contributed by atoms with Crippen molar-refractivity contribution in [1.29, 1.82) is 0 Å². The standard InChI is InChI=1S/C11H16N4O2/c1-8-7-17-5-4-15(8)11(16)9-2-3-13-10(6-9)14-12/h2-3,6,8H,4-5,7,12H2,1H3,(H,13,14). The molecule has 17 heavy (non-hydrogen) atoms. The molecule has 0 saturated carbocycles. The first-order chi connectivity index (χ1) is 8.22. The van der Waals surface area contributed by atoms with E-state index in [-0.39, 0.29) is 11.9 Å². The normalized spacial score (nSPS) is 20.1.